The molecule has 0 aliphatic heterocycles. The van der Waals surface area contributed by atoms with Crippen LogP contribution >= 0.6 is 12.8 Å². The Balaban J connectivity index is 1.65. The van der Waals surface area contributed by atoms with E-state index in [0.29, 0.717) is 23.3 Å². The number of benzene rings is 3. The van der Waals surface area contributed by atoms with Gasteiger partial charge in [0.15, 0.2) is 0 Å². The van der Waals surface area contributed by atoms with E-state index in [1.807, 2.05) is 55.5 Å². The van der Waals surface area contributed by atoms with Crippen molar-refractivity contribution in [2.24, 2.45) is 0 Å². The van der Waals surface area contributed by atoms with Crippen LogP contribution in [-0.4, -0.2) is 25.9 Å². The number of thiol groups is 1. The van der Waals surface area contributed by atoms with E-state index in [4.69, 9.17) is 4.42 Å². The first-order valence-corrected chi connectivity index (χ1v) is 11.9. The minimum atomic E-state index is -2.55. The number of fused-ring (bicyclic) bond motifs is 3. The summed E-state index contributed by atoms with van der Waals surface area (Å²) in [5.41, 5.74) is 3.71. The largest absolute Gasteiger partial charge is 0.480 e. The molecule has 0 amide bonds. The minimum Gasteiger partial charge on any atom is -0.480 e. The van der Waals surface area contributed by atoms with Gasteiger partial charge in [0.2, 0.25) is 0 Å². The summed E-state index contributed by atoms with van der Waals surface area (Å²) in [7, 11) is 0. The second-order valence-electron chi connectivity index (χ2n) is 7.86. The Hall–Kier alpha value is -2.85. The highest BCUT2D eigenvalue weighted by atomic mass is 32.2. The third-order valence-electron chi connectivity index (χ3n) is 5.72. The highest BCUT2D eigenvalue weighted by molar-refractivity contribution is 7.80. The monoisotopic (exact) mass is 484 g/mol. The summed E-state index contributed by atoms with van der Waals surface area (Å²) in [5, 5.41) is 11.5. The summed E-state index contributed by atoms with van der Waals surface area (Å²) in [6.07, 6.45) is 0.520. The molecule has 0 spiro atoms. The lowest BCUT2D eigenvalue weighted by atomic mass is 9.99. The third kappa shape index (κ3) is 4.91. The first-order valence-electron chi connectivity index (χ1n) is 10.4. The Labute approximate surface area is 199 Å². The van der Waals surface area contributed by atoms with Crippen LogP contribution in [0.1, 0.15) is 30.0 Å². The lowest BCUT2D eigenvalue weighted by molar-refractivity contribution is -0.138. The van der Waals surface area contributed by atoms with Crippen molar-refractivity contribution >= 4 is 57.7 Å². The number of nitrogens with zero attached hydrogens (tertiary/aromatic N) is 1. The van der Waals surface area contributed by atoms with Gasteiger partial charge in [-0.2, -0.15) is 0 Å². The van der Waals surface area contributed by atoms with Crippen molar-refractivity contribution in [3.05, 3.63) is 77.9 Å². The van der Waals surface area contributed by atoms with E-state index in [9.17, 15) is 18.7 Å². The van der Waals surface area contributed by atoms with Crippen molar-refractivity contribution < 1.29 is 23.1 Å². The lowest BCUT2D eigenvalue weighted by Gasteiger charge is -2.28. The van der Waals surface area contributed by atoms with Gasteiger partial charge in [-0.1, -0.05) is 60.8 Å². The number of aryl methyl sites for hydroxylation is 1. The van der Waals surface area contributed by atoms with Crippen LogP contribution in [0.2, 0.25) is 0 Å². The number of hydrogen-bond acceptors (Lipinski definition) is 5. The van der Waals surface area contributed by atoms with Crippen LogP contribution in [0.25, 0.3) is 21.9 Å². The number of hydrogen-bond donors (Lipinski definition) is 4. The first-order chi connectivity index (χ1) is 15.9. The molecule has 3 aromatic carbocycles. The fourth-order valence-corrected chi connectivity index (χ4v) is 4.99. The van der Waals surface area contributed by atoms with E-state index in [1.54, 1.807) is 18.2 Å². The second kappa shape index (κ2) is 9.96. The average molecular weight is 485 g/mol. The highest BCUT2D eigenvalue weighted by Gasteiger charge is 2.31. The third-order valence-corrected chi connectivity index (χ3v) is 6.83. The van der Waals surface area contributed by atoms with E-state index in [1.165, 1.54) is 0 Å². The number of para-hydroxylation sites is 1. The molecule has 0 saturated heterocycles. The summed E-state index contributed by atoms with van der Waals surface area (Å²) in [6, 6.07) is 18.9. The van der Waals surface area contributed by atoms with E-state index in [0.717, 1.165) is 26.2 Å². The van der Waals surface area contributed by atoms with Gasteiger partial charge >= 0.3 is 5.97 Å². The SMILES string of the molecule is Cc1ccc(C(CCC(C(=O)O)N(c2ccc3oc4ccccc4c3c2)S(=O)O)NS)cc1. The summed E-state index contributed by atoms with van der Waals surface area (Å²) in [4.78, 5) is 12.2. The lowest BCUT2D eigenvalue weighted by Crippen LogP contribution is -2.42. The Morgan fingerprint density at radius 3 is 2.42 bits per heavy atom. The van der Waals surface area contributed by atoms with E-state index in [2.05, 4.69) is 17.5 Å². The fourth-order valence-electron chi connectivity index (χ4n) is 4.00. The van der Waals surface area contributed by atoms with Gasteiger partial charge in [0.1, 0.15) is 17.2 Å². The number of carboxylic acid groups (broad SMARTS) is 1. The standard InChI is InChI=1S/C24H24N2O5S2/c1-15-6-8-16(9-7-15)20(25-32)11-12-21(24(27)28)26(33(29)30)17-10-13-23-19(14-17)18-4-2-3-5-22(18)31-23/h2-10,13-14,20-21,25,32H,11-12H2,1H3,(H,27,28)(H,29,30). The van der Waals surface area contributed by atoms with Crippen LogP contribution in [0.5, 0.6) is 0 Å². The molecule has 9 heteroatoms. The van der Waals surface area contributed by atoms with Crippen molar-refractivity contribution in [2.45, 2.75) is 31.8 Å². The van der Waals surface area contributed by atoms with Gasteiger partial charge < -0.3 is 9.52 Å². The predicted molar refractivity (Wildman–Crippen MR) is 134 cm³/mol. The molecule has 0 bridgehead atoms. The molecule has 0 aliphatic rings. The Morgan fingerprint density at radius 2 is 1.76 bits per heavy atom. The van der Waals surface area contributed by atoms with Gasteiger partial charge in [0.25, 0.3) is 11.3 Å². The molecule has 172 valence electrons. The molecule has 0 fully saturated rings. The van der Waals surface area contributed by atoms with E-state index >= 15 is 0 Å². The first kappa shape index (κ1) is 23.3. The molecule has 7 nitrogen and oxygen atoms in total. The molecule has 0 aliphatic carbocycles. The maximum absolute atomic E-state index is 12.3. The zero-order valence-electron chi connectivity index (χ0n) is 17.8. The normalized spacial score (nSPS) is 14.3. The zero-order valence-corrected chi connectivity index (χ0v) is 19.6. The molecule has 4 rings (SSSR count). The molecule has 3 atom stereocenters. The number of carboxylic acids is 1. The van der Waals surface area contributed by atoms with Crippen LogP contribution in [0.3, 0.4) is 0 Å². The maximum atomic E-state index is 12.3. The van der Waals surface area contributed by atoms with Crippen molar-refractivity contribution in [1.29, 1.82) is 0 Å². The Morgan fingerprint density at radius 1 is 1.06 bits per heavy atom. The highest BCUT2D eigenvalue weighted by Crippen LogP contribution is 2.33. The molecular formula is C24H24N2O5S2. The minimum absolute atomic E-state index is 0.123. The Bertz CT molecular complexity index is 1310. The van der Waals surface area contributed by atoms with Gasteiger partial charge in [-0.05, 0) is 49.6 Å². The van der Waals surface area contributed by atoms with Crippen molar-refractivity contribution in [1.82, 2.24) is 4.72 Å². The number of carbonyl (C=O) groups is 1. The molecule has 1 aromatic heterocycles. The van der Waals surface area contributed by atoms with Crippen LogP contribution in [0.15, 0.2) is 71.1 Å². The predicted octanol–water partition coefficient (Wildman–Crippen LogP) is 5.25. The van der Waals surface area contributed by atoms with Gasteiger partial charge in [-0.25, -0.2) is 9.00 Å². The molecule has 0 radical (unpaired) electrons. The van der Waals surface area contributed by atoms with Gasteiger partial charge in [-0.15, -0.1) is 0 Å². The van der Waals surface area contributed by atoms with Crippen molar-refractivity contribution in [3.63, 3.8) is 0 Å². The number of rotatable bonds is 9. The summed E-state index contributed by atoms with van der Waals surface area (Å²) in [6.45, 7) is 1.99. The van der Waals surface area contributed by atoms with Crippen molar-refractivity contribution in [2.75, 3.05) is 4.31 Å². The summed E-state index contributed by atoms with van der Waals surface area (Å²) < 4.78 is 32.1. The number of furan rings is 1. The quantitative estimate of drug-likeness (QED) is 0.191. The maximum Gasteiger partial charge on any atom is 0.327 e. The molecule has 4 aromatic rings. The van der Waals surface area contributed by atoms with Crippen molar-refractivity contribution in [3.8, 4) is 0 Å². The smallest absolute Gasteiger partial charge is 0.327 e. The van der Waals surface area contributed by atoms with Crippen LogP contribution in [0.4, 0.5) is 5.69 Å². The number of anilines is 1. The topological polar surface area (TPSA) is 103 Å². The van der Waals surface area contributed by atoms with Gasteiger partial charge in [0.05, 0.1) is 5.69 Å². The second-order valence-corrected chi connectivity index (χ2v) is 8.97. The van der Waals surface area contributed by atoms with E-state index in [-0.39, 0.29) is 12.5 Å². The van der Waals surface area contributed by atoms with Gasteiger partial charge in [0, 0.05) is 16.8 Å². The average Bonchev–Trinajstić information content (AvgIpc) is 3.17. The van der Waals surface area contributed by atoms with Crippen LogP contribution in [-0.2, 0) is 16.1 Å². The number of nitrogens with one attached hydrogen (secondary N) is 1. The summed E-state index contributed by atoms with van der Waals surface area (Å²) in [5.74, 6) is -1.18. The molecule has 1 heterocycles. The zero-order chi connectivity index (χ0) is 23.5. The molecule has 33 heavy (non-hydrogen) atoms. The van der Waals surface area contributed by atoms with E-state index < -0.39 is 23.3 Å². The van der Waals surface area contributed by atoms with Crippen LogP contribution < -0.4 is 9.03 Å². The molecule has 3 unspecified atom stereocenters. The molecule has 0 saturated carbocycles. The summed E-state index contributed by atoms with van der Waals surface area (Å²) >= 11 is 1.65. The molecular weight excluding hydrogens is 460 g/mol. The molecule has 3 N–H and O–H groups in total. The van der Waals surface area contributed by atoms with Crippen LogP contribution in [0, 0.1) is 6.92 Å². The van der Waals surface area contributed by atoms with Gasteiger partial charge in [-0.3, -0.25) is 13.6 Å². The Kier molecular flexibility index (Phi) is 7.04. The fraction of sp³-hybridized carbons (Fsp3) is 0.208. The number of aliphatic carboxylic acids is 1.